The Balaban J connectivity index is 2.02. The quantitative estimate of drug-likeness (QED) is 0.887. The van der Waals surface area contributed by atoms with Crippen molar-refractivity contribution in [1.29, 1.82) is 0 Å². The van der Waals surface area contributed by atoms with Gasteiger partial charge in [-0.25, -0.2) is 0 Å². The maximum atomic E-state index is 12.3. The zero-order valence-corrected chi connectivity index (χ0v) is 12.8. The molecule has 3 nitrogen and oxygen atoms in total. The number of carbonyl (C=O) groups excluding carboxylic acids is 1. The van der Waals surface area contributed by atoms with Crippen molar-refractivity contribution in [3.05, 3.63) is 35.4 Å². The van der Waals surface area contributed by atoms with Gasteiger partial charge in [-0.15, -0.1) is 0 Å². The average molecular weight is 274 g/mol. The minimum Gasteiger partial charge on any atom is -0.354 e. The average Bonchev–Trinajstić information content (AvgIpc) is 2.84. The number of rotatable bonds is 4. The molecule has 3 heteroatoms. The van der Waals surface area contributed by atoms with Crippen LogP contribution in [0.2, 0.25) is 0 Å². The van der Waals surface area contributed by atoms with Crippen LogP contribution in [0.5, 0.6) is 0 Å². The number of hydrogen-bond donors (Lipinski definition) is 2. The third kappa shape index (κ3) is 3.04. The lowest BCUT2D eigenvalue weighted by Gasteiger charge is -2.30. The van der Waals surface area contributed by atoms with Crippen LogP contribution >= 0.6 is 0 Å². The first-order valence-electron chi connectivity index (χ1n) is 7.48. The minimum atomic E-state index is -0.637. The molecule has 1 fully saturated rings. The van der Waals surface area contributed by atoms with Gasteiger partial charge in [0, 0.05) is 12.0 Å². The van der Waals surface area contributed by atoms with Crippen LogP contribution < -0.4 is 11.1 Å². The number of benzene rings is 1. The Morgan fingerprint density at radius 3 is 2.50 bits per heavy atom. The van der Waals surface area contributed by atoms with Crippen molar-refractivity contribution in [2.24, 2.45) is 5.73 Å². The summed E-state index contributed by atoms with van der Waals surface area (Å²) in [5, 5.41) is 3.07. The summed E-state index contributed by atoms with van der Waals surface area (Å²) >= 11 is 0. The summed E-state index contributed by atoms with van der Waals surface area (Å²) in [6.45, 7) is 7.05. The summed E-state index contributed by atoms with van der Waals surface area (Å²) in [5.41, 5.74) is 8.00. The molecule has 20 heavy (non-hydrogen) atoms. The molecule has 1 amide bonds. The molecule has 0 bridgehead atoms. The van der Waals surface area contributed by atoms with Gasteiger partial charge in [-0.1, -0.05) is 51.0 Å². The molecule has 0 unspecified atom stereocenters. The second kappa shape index (κ2) is 5.57. The highest BCUT2D eigenvalue weighted by atomic mass is 16.2. The van der Waals surface area contributed by atoms with Gasteiger partial charge in [0.1, 0.15) is 0 Å². The molecule has 0 heterocycles. The van der Waals surface area contributed by atoms with E-state index in [9.17, 15) is 4.79 Å². The fourth-order valence-corrected chi connectivity index (χ4v) is 3.14. The number of aryl methyl sites for hydroxylation is 1. The Kier molecular flexibility index (Phi) is 4.19. The zero-order valence-electron chi connectivity index (χ0n) is 12.8. The summed E-state index contributed by atoms with van der Waals surface area (Å²) in [4.78, 5) is 12.3. The lowest BCUT2D eigenvalue weighted by atomic mass is 9.81. The molecule has 0 aliphatic heterocycles. The van der Waals surface area contributed by atoms with Crippen LogP contribution in [0.1, 0.15) is 50.7 Å². The Labute approximate surface area is 121 Å². The van der Waals surface area contributed by atoms with Crippen molar-refractivity contribution in [1.82, 2.24) is 5.32 Å². The highest BCUT2D eigenvalue weighted by molar-refractivity contribution is 5.86. The van der Waals surface area contributed by atoms with E-state index in [0.29, 0.717) is 6.54 Å². The van der Waals surface area contributed by atoms with E-state index in [-0.39, 0.29) is 11.3 Å². The molecule has 0 saturated heterocycles. The van der Waals surface area contributed by atoms with Gasteiger partial charge < -0.3 is 11.1 Å². The SMILES string of the molecule is Cc1ccccc1C(C)(C)CNC(=O)C1(N)CCCC1. The van der Waals surface area contributed by atoms with Crippen LogP contribution in [-0.2, 0) is 10.2 Å². The van der Waals surface area contributed by atoms with Crippen LogP contribution in [0.25, 0.3) is 0 Å². The van der Waals surface area contributed by atoms with Gasteiger partial charge in [-0.3, -0.25) is 4.79 Å². The number of carbonyl (C=O) groups is 1. The second-order valence-electron chi connectivity index (χ2n) is 6.74. The van der Waals surface area contributed by atoms with E-state index in [0.717, 1.165) is 25.7 Å². The molecule has 1 aliphatic carbocycles. The van der Waals surface area contributed by atoms with Crippen LogP contribution in [-0.4, -0.2) is 18.0 Å². The van der Waals surface area contributed by atoms with Crippen molar-refractivity contribution < 1.29 is 4.79 Å². The zero-order chi connectivity index (χ0) is 14.8. The van der Waals surface area contributed by atoms with Crippen molar-refractivity contribution >= 4 is 5.91 Å². The first-order chi connectivity index (χ1) is 9.35. The fourth-order valence-electron chi connectivity index (χ4n) is 3.14. The van der Waals surface area contributed by atoms with E-state index in [1.165, 1.54) is 11.1 Å². The molecule has 0 atom stereocenters. The molecule has 2 rings (SSSR count). The van der Waals surface area contributed by atoms with Crippen LogP contribution in [0.4, 0.5) is 0 Å². The summed E-state index contributed by atoms with van der Waals surface area (Å²) in [6.07, 6.45) is 3.74. The van der Waals surface area contributed by atoms with Gasteiger partial charge in [0.05, 0.1) is 5.54 Å². The molecule has 3 N–H and O–H groups in total. The minimum absolute atomic E-state index is 0.0108. The van der Waals surface area contributed by atoms with Crippen LogP contribution in [0, 0.1) is 6.92 Å². The first-order valence-corrected chi connectivity index (χ1v) is 7.48. The molecular formula is C17H26N2O. The smallest absolute Gasteiger partial charge is 0.240 e. The summed E-state index contributed by atoms with van der Waals surface area (Å²) in [7, 11) is 0. The number of hydrogen-bond acceptors (Lipinski definition) is 2. The maximum Gasteiger partial charge on any atom is 0.240 e. The third-order valence-corrected chi connectivity index (χ3v) is 4.51. The molecule has 0 spiro atoms. The van der Waals surface area contributed by atoms with Crippen LogP contribution in [0.3, 0.4) is 0 Å². The van der Waals surface area contributed by atoms with E-state index < -0.39 is 5.54 Å². The Morgan fingerprint density at radius 2 is 1.90 bits per heavy atom. The molecule has 1 aromatic rings. The number of nitrogens with two attached hydrogens (primary N) is 1. The summed E-state index contributed by atoms with van der Waals surface area (Å²) in [5.74, 6) is 0.0108. The predicted molar refractivity (Wildman–Crippen MR) is 82.6 cm³/mol. The fraction of sp³-hybridized carbons (Fsp3) is 0.588. The first kappa shape index (κ1) is 15.0. The molecule has 0 aromatic heterocycles. The number of nitrogens with one attached hydrogen (secondary N) is 1. The largest absolute Gasteiger partial charge is 0.354 e. The van der Waals surface area contributed by atoms with Crippen molar-refractivity contribution in [3.63, 3.8) is 0 Å². The van der Waals surface area contributed by atoms with Crippen molar-refractivity contribution in [2.75, 3.05) is 6.54 Å². The highest BCUT2D eigenvalue weighted by Crippen LogP contribution is 2.29. The topological polar surface area (TPSA) is 55.1 Å². The van der Waals surface area contributed by atoms with E-state index in [4.69, 9.17) is 5.73 Å². The van der Waals surface area contributed by atoms with Gasteiger partial charge >= 0.3 is 0 Å². The normalized spacial score (nSPS) is 18.0. The van der Waals surface area contributed by atoms with Gasteiger partial charge in [-0.2, -0.15) is 0 Å². The van der Waals surface area contributed by atoms with E-state index in [2.05, 4.69) is 38.2 Å². The molecular weight excluding hydrogens is 248 g/mol. The highest BCUT2D eigenvalue weighted by Gasteiger charge is 2.37. The Morgan fingerprint density at radius 1 is 1.30 bits per heavy atom. The molecule has 1 aromatic carbocycles. The lowest BCUT2D eigenvalue weighted by molar-refractivity contribution is -0.126. The monoisotopic (exact) mass is 274 g/mol. The summed E-state index contributed by atoms with van der Waals surface area (Å²) < 4.78 is 0. The van der Waals surface area contributed by atoms with Crippen molar-refractivity contribution in [2.45, 2.75) is 57.4 Å². The van der Waals surface area contributed by atoms with Gasteiger partial charge in [0.15, 0.2) is 0 Å². The summed E-state index contributed by atoms with van der Waals surface area (Å²) in [6, 6.07) is 8.34. The predicted octanol–water partition coefficient (Wildman–Crippen LogP) is 2.66. The van der Waals surface area contributed by atoms with Crippen molar-refractivity contribution in [3.8, 4) is 0 Å². The lowest BCUT2D eigenvalue weighted by Crippen LogP contribution is -2.53. The molecule has 110 valence electrons. The maximum absolute atomic E-state index is 12.3. The Hall–Kier alpha value is -1.35. The molecule has 0 radical (unpaired) electrons. The molecule has 1 saturated carbocycles. The van der Waals surface area contributed by atoms with E-state index >= 15 is 0 Å². The van der Waals surface area contributed by atoms with Gasteiger partial charge in [0.2, 0.25) is 5.91 Å². The second-order valence-corrected chi connectivity index (χ2v) is 6.74. The van der Waals surface area contributed by atoms with Crippen LogP contribution in [0.15, 0.2) is 24.3 Å². The van der Waals surface area contributed by atoms with Gasteiger partial charge in [0.25, 0.3) is 0 Å². The number of amides is 1. The van der Waals surface area contributed by atoms with E-state index in [1.54, 1.807) is 0 Å². The third-order valence-electron chi connectivity index (χ3n) is 4.51. The molecule has 1 aliphatic rings. The van der Waals surface area contributed by atoms with E-state index in [1.807, 2.05) is 12.1 Å². The Bertz CT molecular complexity index is 488. The standard InChI is InChI=1S/C17H26N2O/c1-13-8-4-5-9-14(13)16(2,3)12-19-15(20)17(18)10-6-7-11-17/h4-5,8-9H,6-7,10-12,18H2,1-3H3,(H,19,20). The van der Waals surface area contributed by atoms with Gasteiger partial charge in [-0.05, 0) is 30.9 Å².